The van der Waals surface area contributed by atoms with E-state index in [0.29, 0.717) is 13.0 Å². The zero-order valence-electron chi connectivity index (χ0n) is 26.4. The van der Waals surface area contributed by atoms with E-state index in [0.717, 1.165) is 31.2 Å². The summed E-state index contributed by atoms with van der Waals surface area (Å²) in [4.78, 5) is 55.5. The van der Waals surface area contributed by atoms with Gasteiger partial charge in [0.15, 0.2) is 0 Å². The monoisotopic (exact) mass is 582 g/mol. The number of carbonyl (C=O) groups is 4. The Morgan fingerprint density at radius 2 is 1.69 bits per heavy atom. The Bertz CT molecular complexity index is 1130. The molecule has 1 unspecified atom stereocenters. The number of nitrogens with zero attached hydrogens (tertiary/aromatic N) is 1. The van der Waals surface area contributed by atoms with Crippen LogP contribution in [-0.4, -0.2) is 59.5 Å². The number of hydrogen-bond donors (Lipinski definition) is 3. The number of nitrogens with one attached hydrogen (secondary N) is 3. The molecule has 0 aromatic heterocycles. The molecule has 1 aromatic rings. The number of benzene rings is 1. The van der Waals surface area contributed by atoms with Crippen LogP contribution in [0.4, 0.5) is 4.79 Å². The molecular weight excluding hydrogens is 532 g/mol. The zero-order valence-corrected chi connectivity index (χ0v) is 26.4. The number of rotatable bonds is 11. The molecule has 1 saturated carbocycles. The van der Waals surface area contributed by atoms with Crippen LogP contribution >= 0.6 is 0 Å². The van der Waals surface area contributed by atoms with Gasteiger partial charge in [0, 0.05) is 12.1 Å². The molecule has 2 aliphatic rings. The molecule has 9 nitrogen and oxygen atoms in total. The van der Waals surface area contributed by atoms with Gasteiger partial charge in [-0.05, 0) is 62.8 Å². The smallest absolute Gasteiger partial charge is 0.408 e. The molecule has 2 fully saturated rings. The third kappa shape index (κ3) is 8.13. The maximum Gasteiger partial charge on any atom is 0.408 e. The lowest BCUT2D eigenvalue weighted by molar-refractivity contribution is -0.143. The van der Waals surface area contributed by atoms with Crippen LogP contribution in [0.2, 0.25) is 0 Å². The van der Waals surface area contributed by atoms with E-state index in [9.17, 15) is 19.2 Å². The number of ether oxygens (including phenoxy) is 1. The van der Waals surface area contributed by atoms with Crippen molar-refractivity contribution >= 4 is 23.8 Å². The largest absolute Gasteiger partial charge is 0.447 e. The van der Waals surface area contributed by atoms with Crippen LogP contribution in [0.15, 0.2) is 42.5 Å². The molecule has 6 atom stereocenters. The molecular formula is C33H50N4O5. The van der Waals surface area contributed by atoms with Gasteiger partial charge in [-0.3, -0.25) is 14.4 Å². The second kappa shape index (κ2) is 14.2. The summed E-state index contributed by atoms with van der Waals surface area (Å²) in [5.41, 5.74) is 0.650. The first kappa shape index (κ1) is 33.1. The summed E-state index contributed by atoms with van der Waals surface area (Å²) < 4.78 is 5.27. The number of amides is 4. The minimum absolute atomic E-state index is 0.0275. The minimum atomic E-state index is -0.871. The highest BCUT2D eigenvalue weighted by molar-refractivity contribution is 5.96. The van der Waals surface area contributed by atoms with Crippen LogP contribution in [0.25, 0.3) is 0 Å². The molecule has 1 saturated heterocycles. The lowest BCUT2D eigenvalue weighted by atomic mass is 9.85. The van der Waals surface area contributed by atoms with E-state index >= 15 is 0 Å². The Balaban J connectivity index is 1.79. The standard InChI is InChI=1S/C33H50N4O5/c1-9-14-26(21(4)29(38)34-22(5)23-15-11-10-12-16-23)35-30(39)27-25-18-13-17-24(25)19-37(27)31(40)28(33(6,7)8)36-32(41)42-20(2)3/h10-12,15-16,20,22,24-28H,4,9,13-14,17-19H2,1-3,5-8H3,(H,34,38)(H,35,39)(H,36,41)/t22-,24-,25-,26?,27-,28+/m0/s1. The van der Waals surface area contributed by atoms with Crippen molar-refractivity contribution in [2.24, 2.45) is 17.3 Å². The quantitative estimate of drug-likeness (QED) is 0.322. The number of alkyl carbamates (subject to hydrolysis) is 1. The fourth-order valence-corrected chi connectivity index (χ4v) is 6.20. The van der Waals surface area contributed by atoms with Crippen LogP contribution in [0.3, 0.4) is 0 Å². The van der Waals surface area contributed by atoms with Crippen molar-refractivity contribution in [1.29, 1.82) is 0 Å². The average Bonchev–Trinajstić information content (AvgIpc) is 3.51. The summed E-state index contributed by atoms with van der Waals surface area (Å²) in [6.45, 7) is 17.6. The maximum absolute atomic E-state index is 14.1. The highest BCUT2D eigenvalue weighted by atomic mass is 16.6. The molecule has 0 spiro atoms. The lowest BCUT2D eigenvalue weighted by Gasteiger charge is -2.36. The van der Waals surface area contributed by atoms with Gasteiger partial charge >= 0.3 is 6.09 Å². The van der Waals surface area contributed by atoms with Crippen LogP contribution in [0, 0.1) is 17.3 Å². The summed E-state index contributed by atoms with van der Waals surface area (Å²) in [5.74, 6) is -0.643. The molecule has 0 bridgehead atoms. The van der Waals surface area contributed by atoms with Gasteiger partial charge < -0.3 is 25.6 Å². The molecule has 4 amide bonds. The Morgan fingerprint density at radius 3 is 2.29 bits per heavy atom. The number of carbonyl (C=O) groups excluding carboxylic acids is 4. The minimum Gasteiger partial charge on any atom is -0.447 e. The van der Waals surface area contributed by atoms with Crippen LogP contribution in [0.1, 0.15) is 92.2 Å². The van der Waals surface area contributed by atoms with Crippen molar-refractivity contribution in [2.75, 3.05) is 6.54 Å². The SMILES string of the molecule is C=C(C(=O)N[C@@H](C)c1ccccc1)C(CCC)NC(=O)[C@@H]1[C@H]2CCC[C@H]2CN1C(=O)[C@@H](NC(=O)OC(C)C)C(C)(C)C. The molecule has 0 radical (unpaired) electrons. The van der Waals surface area contributed by atoms with E-state index in [1.807, 2.05) is 65.0 Å². The van der Waals surface area contributed by atoms with Crippen LogP contribution in [-0.2, 0) is 19.1 Å². The Labute approximate surface area is 251 Å². The van der Waals surface area contributed by atoms with E-state index in [-0.39, 0.29) is 47.3 Å². The van der Waals surface area contributed by atoms with E-state index < -0.39 is 29.6 Å². The first-order valence-electron chi connectivity index (χ1n) is 15.4. The fourth-order valence-electron chi connectivity index (χ4n) is 6.20. The van der Waals surface area contributed by atoms with Gasteiger partial charge in [-0.15, -0.1) is 0 Å². The van der Waals surface area contributed by atoms with Gasteiger partial charge in [0.1, 0.15) is 12.1 Å². The van der Waals surface area contributed by atoms with Crippen molar-refractivity contribution in [3.63, 3.8) is 0 Å². The molecule has 3 N–H and O–H groups in total. The van der Waals surface area contributed by atoms with Crippen molar-refractivity contribution < 1.29 is 23.9 Å². The highest BCUT2D eigenvalue weighted by Gasteiger charge is 2.52. The third-order valence-corrected chi connectivity index (χ3v) is 8.41. The molecule has 3 rings (SSSR count). The normalized spacial score (nSPS) is 22.1. The van der Waals surface area contributed by atoms with Gasteiger partial charge in [0.25, 0.3) is 0 Å². The summed E-state index contributed by atoms with van der Waals surface area (Å²) in [6, 6.07) is 7.32. The van der Waals surface area contributed by atoms with Gasteiger partial charge in [-0.1, -0.05) is 77.4 Å². The van der Waals surface area contributed by atoms with E-state index in [1.54, 1.807) is 18.7 Å². The van der Waals surface area contributed by atoms with Crippen molar-refractivity contribution in [2.45, 2.75) is 111 Å². The molecule has 232 valence electrons. The number of likely N-dealkylation sites (tertiary alicyclic amines) is 1. The van der Waals surface area contributed by atoms with Crippen molar-refractivity contribution in [3.05, 3.63) is 48.0 Å². The molecule has 1 aliphatic carbocycles. The number of fused-ring (bicyclic) bond motifs is 1. The molecule has 1 heterocycles. The Hall–Kier alpha value is -3.36. The van der Waals surface area contributed by atoms with Gasteiger partial charge in [0.05, 0.1) is 18.2 Å². The van der Waals surface area contributed by atoms with Crippen molar-refractivity contribution in [1.82, 2.24) is 20.9 Å². The van der Waals surface area contributed by atoms with Crippen LogP contribution in [0.5, 0.6) is 0 Å². The summed E-state index contributed by atoms with van der Waals surface area (Å²) >= 11 is 0. The predicted molar refractivity (Wildman–Crippen MR) is 163 cm³/mol. The van der Waals surface area contributed by atoms with Gasteiger partial charge in [-0.25, -0.2) is 4.79 Å². The fraction of sp³-hybridized carbons (Fsp3) is 0.636. The topological polar surface area (TPSA) is 117 Å². The predicted octanol–water partition coefficient (Wildman–Crippen LogP) is 4.88. The van der Waals surface area contributed by atoms with E-state index in [2.05, 4.69) is 22.5 Å². The van der Waals surface area contributed by atoms with Crippen molar-refractivity contribution in [3.8, 4) is 0 Å². The van der Waals surface area contributed by atoms with E-state index in [1.165, 1.54) is 0 Å². The summed E-state index contributed by atoms with van der Waals surface area (Å²) in [6.07, 6.45) is 3.10. The Kier molecular flexibility index (Phi) is 11.2. The maximum atomic E-state index is 14.1. The lowest BCUT2D eigenvalue weighted by Crippen LogP contribution is -2.59. The van der Waals surface area contributed by atoms with Gasteiger partial charge in [-0.2, -0.15) is 0 Å². The van der Waals surface area contributed by atoms with E-state index in [4.69, 9.17) is 4.74 Å². The molecule has 1 aromatic carbocycles. The summed E-state index contributed by atoms with van der Waals surface area (Å²) in [7, 11) is 0. The number of hydrogen-bond acceptors (Lipinski definition) is 5. The molecule has 42 heavy (non-hydrogen) atoms. The highest BCUT2D eigenvalue weighted by Crippen LogP contribution is 2.43. The first-order chi connectivity index (χ1) is 19.7. The molecule has 1 aliphatic heterocycles. The second-order valence-corrected chi connectivity index (χ2v) is 13.2. The molecule has 9 heteroatoms. The first-order valence-corrected chi connectivity index (χ1v) is 15.4. The summed E-state index contributed by atoms with van der Waals surface area (Å²) in [5, 5.41) is 8.85. The third-order valence-electron chi connectivity index (χ3n) is 8.41. The average molecular weight is 583 g/mol. The van der Waals surface area contributed by atoms with Gasteiger partial charge in [0.2, 0.25) is 17.7 Å². The van der Waals surface area contributed by atoms with Crippen LogP contribution < -0.4 is 16.0 Å². The Morgan fingerprint density at radius 1 is 1.02 bits per heavy atom. The zero-order chi connectivity index (χ0) is 31.2. The second-order valence-electron chi connectivity index (χ2n) is 13.2.